The Hall–Kier alpha value is -4.11. The van der Waals surface area contributed by atoms with Crippen LogP contribution in [0.5, 0.6) is 5.75 Å². The predicted molar refractivity (Wildman–Crippen MR) is 120 cm³/mol. The summed E-state index contributed by atoms with van der Waals surface area (Å²) >= 11 is 1.38. The highest BCUT2D eigenvalue weighted by Gasteiger charge is 2.30. The van der Waals surface area contributed by atoms with Gasteiger partial charge < -0.3 is 20.0 Å². The standard InChI is InChI=1S/C23H17N3O5S/c1-30-21-13(23(28)29)8-9-14-18(21)19(16-11-12-5-2-3-6-15(12)31-16)25-26(14)20(22(24)27)17-7-4-10-32-17/h2-11,20H,1H3,(H2,24,27)(H,28,29). The van der Waals surface area contributed by atoms with Crippen molar-refractivity contribution in [2.75, 3.05) is 7.11 Å². The number of hydrogen-bond acceptors (Lipinski definition) is 6. The van der Waals surface area contributed by atoms with E-state index in [1.807, 2.05) is 41.8 Å². The fourth-order valence-electron chi connectivity index (χ4n) is 3.88. The number of benzene rings is 2. The zero-order valence-electron chi connectivity index (χ0n) is 16.8. The molecule has 160 valence electrons. The number of carbonyl (C=O) groups is 2. The van der Waals surface area contributed by atoms with Crippen LogP contribution in [0.3, 0.4) is 0 Å². The normalized spacial score (nSPS) is 12.3. The molecule has 3 aromatic heterocycles. The number of rotatable bonds is 6. The van der Waals surface area contributed by atoms with Crippen molar-refractivity contribution in [2.24, 2.45) is 5.73 Å². The molecule has 0 aliphatic rings. The molecule has 0 aliphatic carbocycles. The van der Waals surface area contributed by atoms with Crippen molar-refractivity contribution in [1.82, 2.24) is 9.78 Å². The summed E-state index contributed by atoms with van der Waals surface area (Å²) in [5.74, 6) is -1.18. The number of nitrogens with two attached hydrogens (primary N) is 1. The van der Waals surface area contributed by atoms with Gasteiger partial charge in [0.2, 0.25) is 5.91 Å². The van der Waals surface area contributed by atoms with E-state index >= 15 is 0 Å². The van der Waals surface area contributed by atoms with Crippen molar-refractivity contribution < 1.29 is 23.8 Å². The van der Waals surface area contributed by atoms with Crippen molar-refractivity contribution in [3.63, 3.8) is 0 Å². The summed E-state index contributed by atoms with van der Waals surface area (Å²) in [5.41, 5.74) is 7.26. The van der Waals surface area contributed by atoms with Gasteiger partial charge in [0, 0.05) is 10.3 Å². The second kappa shape index (κ2) is 7.54. The molecular formula is C23H17N3O5S. The monoisotopic (exact) mass is 447 g/mol. The number of aromatic carboxylic acids is 1. The number of fused-ring (bicyclic) bond motifs is 2. The number of carboxylic acids is 1. The van der Waals surface area contributed by atoms with E-state index in [9.17, 15) is 14.7 Å². The molecule has 0 spiro atoms. The molecule has 3 N–H and O–H groups in total. The molecule has 0 fully saturated rings. The summed E-state index contributed by atoms with van der Waals surface area (Å²) < 4.78 is 13.0. The fourth-order valence-corrected chi connectivity index (χ4v) is 4.70. The van der Waals surface area contributed by atoms with Gasteiger partial charge in [-0.25, -0.2) is 9.48 Å². The molecule has 0 radical (unpaired) electrons. The zero-order chi connectivity index (χ0) is 22.4. The van der Waals surface area contributed by atoms with Crippen molar-refractivity contribution in [2.45, 2.75) is 6.04 Å². The number of hydrogen-bond donors (Lipinski definition) is 2. The van der Waals surface area contributed by atoms with E-state index in [0.29, 0.717) is 32.8 Å². The molecule has 0 aliphatic heterocycles. The Kier molecular flexibility index (Phi) is 4.67. The van der Waals surface area contributed by atoms with Gasteiger partial charge >= 0.3 is 5.97 Å². The van der Waals surface area contributed by atoms with Crippen molar-refractivity contribution in [3.05, 3.63) is 70.4 Å². The number of amides is 1. The molecule has 0 saturated heterocycles. The minimum absolute atomic E-state index is 0.0244. The van der Waals surface area contributed by atoms with Gasteiger partial charge in [-0.05, 0) is 35.7 Å². The molecule has 0 saturated carbocycles. The van der Waals surface area contributed by atoms with E-state index in [4.69, 9.17) is 20.0 Å². The Morgan fingerprint density at radius 3 is 2.66 bits per heavy atom. The van der Waals surface area contributed by atoms with Crippen molar-refractivity contribution >= 4 is 45.1 Å². The number of para-hydroxylation sites is 1. The summed E-state index contributed by atoms with van der Waals surface area (Å²) in [6, 6.07) is 15.1. The lowest BCUT2D eigenvalue weighted by molar-refractivity contribution is -0.120. The number of nitrogens with zero attached hydrogens (tertiary/aromatic N) is 2. The highest BCUT2D eigenvalue weighted by atomic mass is 32.1. The largest absolute Gasteiger partial charge is 0.495 e. The number of primary amides is 1. The Balaban J connectivity index is 1.87. The van der Waals surface area contributed by atoms with Crippen LogP contribution in [-0.2, 0) is 4.79 Å². The third kappa shape index (κ3) is 3.02. The maximum atomic E-state index is 12.5. The van der Waals surface area contributed by atoms with Gasteiger partial charge in [-0.2, -0.15) is 5.10 Å². The van der Waals surface area contributed by atoms with Gasteiger partial charge in [0.05, 0.1) is 18.0 Å². The zero-order valence-corrected chi connectivity index (χ0v) is 17.6. The number of methoxy groups -OCH3 is 1. The lowest BCUT2D eigenvalue weighted by Gasteiger charge is -2.14. The lowest BCUT2D eigenvalue weighted by atomic mass is 10.1. The lowest BCUT2D eigenvalue weighted by Crippen LogP contribution is -2.27. The molecule has 5 aromatic rings. The number of furan rings is 1. The molecule has 32 heavy (non-hydrogen) atoms. The first kappa shape index (κ1) is 19.8. The molecule has 1 amide bonds. The summed E-state index contributed by atoms with van der Waals surface area (Å²) in [5, 5.41) is 17.5. The Labute approximate surface area is 185 Å². The molecule has 1 unspecified atom stereocenters. The number of carbonyl (C=O) groups excluding carboxylic acids is 1. The Morgan fingerprint density at radius 2 is 2.00 bits per heavy atom. The van der Waals surface area contributed by atoms with E-state index in [1.165, 1.54) is 29.2 Å². The van der Waals surface area contributed by atoms with Gasteiger partial charge in [0.15, 0.2) is 11.8 Å². The predicted octanol–water partition coefficient (Wildman–Crippen LogP) is 4.29. The number of carboxylic acid groups (broad SMARTS) is 1. The van der Waals surface area contributed by atoms with Crippen LogP contribution in [0.25, 0.3) is 33.3 Å². The van der Waals surface area contributed by atoms with Crippen LogP contribution in [0.15, 0.2) is 64.4 Å². The smallest absolute Gasteiger partial charge is 0.339 e. The van der Waals surface area contributed by atoms with Gasteiger partial charge in [-0.3, -0.25) is 4.79 Å². The number of thiophene rings is 1. The Bertz CT molecular complexity index is 1450. The summed E-state index contributed by atoms with van der Waals surface area (Å²) in [7, 11) is 1.39. The van der Waals surface area contributed by atoms with Crippen LogP contribution in [0.2, 0.25) is 0 Å². The first-order chi connectivity index (χ1) is 15.5. The molecular weight excluding hydrogens is 430 g/mol. The molecule has 5 rings (SSSR count). The molecule has 0 bridgehead atoms. The maximum Gasteiger partial charge on any atom is 0.339 e. The summed E-state index contributed by atoms with van der Waals surface area (Å²) in [6.45, 7) is 0. The average Bonchev–Trinajstić information content (AvgIpc) is 3.51. The van der Waals surface area contributed by atoms with E-state index in [2.05, 4.69) is 0 Å². The summed E-state index contributed by atoms with van der Waals surface area (Å²) in [4.78, 5) is 25.0. The second-order valence-electron chi connectivity index (χ2n) is 7.11. The quantitative estimate of drug-likeness (QED) is 0.401. The molecule has 2 aromatic carbocycles. The van der Waals surface area contributed by atoms with E-state index in [-0.39, 0.29) is 11.3 Å². The molecule has 1 atom stereocenters. The second-order valence-corrected chi connectivity index (χ2v) is 8.09. The van der Waals surface area contributed by atoms with E-state index in [1.54, 1.807) is 12.1 Å². The van der Waals surface area contributed by atoms with Gasteiger partial charge in [-0.1, -0.05) is 24.3 Å². The van der Waals surface area contributed by atoms with Gasteiger partial charge in [0.1, 0.15) is 22.6 Å². The third-order valence-electron chi connectivity index (χ3n) is 5.25. The molecule has 3 heterocycles. The van der Waals surface area contributed by atoms with Crippen LogP contribution in [0.1, 0.15) is 21.3 Å². The fraction of sp³-hybridized carbons (Fsp3) is 0.0870. The van der Waals surface area contributed by atoms with Crippen LogP contribution in [0.4, 0.5) is 0 Å². The van der Waals surface area contributed by atoms with Crippen LogP contribution < -0.4 is 10.5 Å². The van der Waals surface area contributed by atoms with Gasteiger partial charge in [0.25, 0.3) is 0 Å². The molecule has 9 heteroatoms. The number of aromatic nitrogens is 2. The Morgan fingerprint density at radius 1 is 1.19 bits per heavy atom. The van der Waals surface area contributed by atoms with Crippen molar-refractivity contribution in [1.29, 1.82) is 0 Å². The van der Waals surface area contributed by atoms with Gasteiger partial charge in [-0.15, -0.1) is 11.3 Å². The first-order valence-electron chi connectivity index (χ1n) is 9.63. The third-order valence-corrected chi connectivity index (χ3v) is 6.17. The van der Waals surface area contributed by atoms with Crippen LogP contribution in [-0.4, -0.2) is 33.9 Å². The topological polar surface area (TPSA) is 121 Å². The molecule has 8 nitrogen and oxygen atoms in total. The average molecular weight is 447 g/mol. The van der Waals surface area contributed by atoms with E-state index in [0.717, 1.165) is 5.39 Å². The van der Waals surface area contributed by atoms with Crippen LogP contribution >= 0.6 is 11.3 Å². The highest BCUT2D eigenvalue weighted by Crippen LogP contribution is 2.41. The number of ether oxygens (including phenoxy) is 1. The summed E-state index contributed by atoms with van der Waals surface area (Å²) in [6.07, 6.45) is 0. The minimum Gasteiger partial charge on any atom is -0.495 e. The van der Waals surface area contributed by atoms with E-state index < -0.39 is 17.9 Å². The first-order valence-corrected chi connectivity index (χ1v) is 10.5. The minimum atomic E-state index is -1.14. The van der Waals surface area contributed by atoms with Crippen LogP contribution in [0, 0.1) is 0 Å². The van der Waals surface area contributed by atoms with Crippen molar-refractivity contribution in [3.8, 4) is 17.2 Å². The highest BCUT2D eigenvalue weighted by molar-refractivity contribution is 7.10. The maximum absolute atomic E-state index is 12.5. The SMILES string of the molecule is COc1c(C(=O)O)ccc2c1c(-c1cc3ccccc3o1)nn2C(C(N)=O)c1cccs1.